The van der Waals surface area contributed by atoms with Crippen molar-refractivity contribution in [1.29, 1.82) is 0 Å². The zero-order chi connectivity index (χ0) is 11.2. The average Bonchev–Trinajstić information content (AvgIpc) is 2.59. The number of hydrogen-bond acceptors (Lipinski definition) is 4. The van der Waals surface area contributed by atoms with Crippen LogP contribution in [0.5, 0.6) is 0 Å². The van der Waals surface area contributed by atoms with Crippen LogP contribution in [0, 0.1) is 0 Å². The van der Waals surface area contributed by atoms with Crippen LogP contribution in [-0.4, -0.2) is 53.0 Å². The van der Waals surface area contributed by atoms with Gasteiger partial charge in [0.1, 0.15) is 5.60 Å². The number of aliphatic hydroxyl groups excluding tert-OH is 1. The Labute approximate surface area is 89.4 Å². The lowest BCUT2D eigenvalue weighted by Gasteiger charge is -2.30. The molecule has 5 nitrogen and oxygen atoms in total. The molecule has 2 N–H and O–H groups in total. The Hall–Kier alpha value is -0.810. The summed E-state index contributed by atoms with van der Waals surface area (Å²) in [6.45, 7) is 6.72. The number of piperazine rings is 1. The van der Waals surface area contributed by atoms with E-state index in [1.807, 2.05) is 20.8 Å². The summed E-state index contributed by atoms with van der Waals surface area (Å²) in [6, 6.07) is -0.104. The van der Waals surface area contributed by atoms with Crippen molar-refractivity contribution in [3.63, 3.8) is 0 Å². The fourth-order valence-corrected chi connectivity index (χ4v) is 2.13. The van der Waals surface area contributed by atoms with E-state index >= 15 is 0 Å². The Morgan fingerprint density at radius 1 is 1.53 bits per heavy atom. The molecule has 0 aromatic heterocycles. The largest absolute Gasteiger partial charge is 0.444 e. The second-order valence-electron chi connectivity index (χ2n) is 5.21. The summed E-state index contributed by atoms with van der Waals surface area (Å²) < 4.78 is 5.27. The average molecular weight is 214 g/mol. The molecule has 2 aliphatic rings. The molecule has 2 heterocycles. The molecule has 0 saturated carbocycles. The number of ether oxygens (including phenoxy) is 1. The molecular weight excluding hydrogens is 196 g/mol. The van der Waals surface area contributed by atoms with Crippen LogP contribution in [0.15, 0.2) is 0 Å². The van der Waals surface area contributed by atoms with Crippen molar-refractivity contribution in [2.75, 3.05) is 13.1 Å². The van der Waals surface area contributed by atoms with Crippen molar-refractivity contribution in [2.24, 2.45) is 0 Å². The molecule has 0 aliphatic carbocycles. The lowest BCUT2D eigenvalue weighted by Crippen LogP contribution is -2.48. The van der Waals surface area contributed by atoms with Crippen LogP contribution in [0.1, 0.15) is 20.8 Å². The molecule has 2 saturated heterocycles. The van der Waals surface area contributed by atoms with Crippen LogP contribution in [0.3, 0.4) is 0 Å². The van der Waals surface area contributed by atoms with Gasteiger partial charge in [-0.1, -0.05) is 0 Å². The van der Waals surface area contributed by atoms with E-state index in [1.54, 1.807) is 4.90 Å². The zero-order valence-electron chi connectivity index (χ0n) is 9.36. The summed E-state index contributed by atoms with van der Waals surface area (Å²) in [6.07, 6.45) is -0.770. The molecule has 2 rings (SSSR count). The zero-order valence-corrected chi connectivity index (χ0v) is 9.36. The van der Waals surface area contributed by atoms with Gasteiger partial charge in [0.2, 0.25) is 0 Å². The van der Waals surface area contributed by atoms with E-state index in [0.717, 1.165) is 0 Å². The first-order valence-corrected chi connectivity index (χ1v) is 5.29. The van der Waals surface area contributed by atoms with E-state index in [-0.39, 0.29) is 18.2 Å². The van der Waals surface area contributed by atoms with Crippen molar-refractivity contribution in [3.05, 3.63) is 0 Å². The fourth-order valence-electron chi connectivity index (χ4n) is 2.13. The van der Waals surface area contributed by atoms with Gasteiger partial charge in [-0.25, -0.2) is 4.79 Å². The van der Waals surface area contributed by atoms with E-state index in [0.29, 0.717) is 13.1 Å². The van der Waals surface area contributed by atoms with E-state index < -0.39 is 11.7 Å². The van der Waals surface area contributed by atoms with E-state index in [9.17, 15) is 9.90 Å². The van der Waals surface area contributed by atoms with Gasteiger partial charge in [0.25, 0.3) is 0 Å². The molecule has 0 aromatic carbocycles. The number of carbonyl (C=O) groups excluding carboxylic acids is 1. The first-order valence-electron chi connectivity index (χ1n) is 5.29. The molecule has 0 unspecified atom stereocenters. The number of nitrogens with one attached hydrogen (secondary N) is 1. The normalized spacial score (nSPS) is 34.7. The number of nitrogens with zero attached hydrogens (tertiary/aromatic N) is 1. The third kappa shape index (κ3) is 1.94. The standard InChI is InChI=1S/C10H18N2O3/c1-10(2,3)15-9(14)12-5-6-8(13)7(12)4-11-6/h6-8,11,13H,4-5H2,1-3H3/t6-,7-,8+/m1/s1. The Bertz CT molecular complexity index is 274. The molecule has 0 spiro atoms. The van der Waals surface area contributed by atoms with Gasteiger partial charge in [0.15, 0.2) is 0 Å². The Balaban J connectivity index is 1.99. The summed E-state index contributed by atoms with van der Waals surface area (Å²) in [5.74, 6) is 0. The SMILES string of the molecule is CC(C)(C)OC(=O)N1C[C@H]2NC[C@@H]1[C@H]2O. The number of aliphatic hydroxyl groups is 1. The van der Waals surface area contributed by atoms with Gasteiger partial charge >= 0.3 is 6.09 Å². The van der Waals surface area contributed by atoms with Crippen LogP contribution in [0.2, 0.25) is 0 Å². The van der Waals surface area contributed by atoms with Crippen LogP contribution >= 0.6 is 0 Å². The lowest BCUT2D eigenvalue weighted by molar-refractivity contribution is 0.0164. The van der Waals surface area contributed by atoms with Crippen molar-refractivity contribution < 1.29 is 14.6 Å². The molecule has 0 aromatic rings. The molecule has 0 radical (unpaired) electrons. The predicted molar refractivity (Wildman–Crippen MR) is 54.5 cm³/mol. The van der Waals surface area contributed by atoms with Crippen LogP contribution in [0.25, 0.3) is 0 Å². The topological polar surface area (TPSA) is 61.8 Å². The van der Waals surface area contributed by atoms with Gasteiger partial charge in [-0.2, -0.15) is 0 Å². The number of amides is 1. The van der Waals surface area contributed by atoms with Gasteiger partial charge < -0.3 is 15.2 Å². The summed E-state index contributed by atoms with van der Waals surface area (Å²) in [5, 5.41) is 12.9. The van der Waals surface area contributed by atoms with Gasteiger partial charge in [-0.05, 0) is 20.8 Å². The number of hydrogen-bond donors (Lipinski definition) is 2. The fraction of sp³-hybridized carbons (Fsp3) is 0.900. The number of carbonyl (C=O) groups is 1. The number of fused-ring (bicyclic) bond motifs is 2. The second kappa shape index (κ2) is 3.35. The highest BCUT2D eigenvalue weighted by Gasteiger charge is 2.48. The van der Waals surface area contributed by atoms with Gasteiger partial charge in [-0.3, -0.25) is 4.90 Å². The third-order valence-electron chi connectivity index (χ3n) is 2.82. The minimum Gasteiger partial charge on any atom is -0.444 e. The highest BCUT2D eigenvalue weighted by Crippen LogP contribution is 2.25. The maximum Gasteiger partial charge on any atom is 0.410 e. The molecular formula is C10H18N2O3. The monoisotopic (exact) mass is 214 g/mol. The first-order chi connectivity index (χ1) is 6.88. The third-order valence-corrected chi connectivity index (χ3v) is 2.82. The molecule has 5 heteroatoms. The highest BCUT2D eigenvalue weighted by molar-refractivity contribution is 5.69. The number of likely N-dealkylation sites (tertiary alicyclic amines) is 1. The van der Waals surface area contributed by atoms with Crippen molar-refractivity contribution in [2.45, 2.75) is 44.6 Å². The molecule has 15 heavy (non-hydrogen) atoms. The maximum atomic E-state index is 11.8. The summed E-state index contributed by atoms with van der Waals surface area (Å²) in [4.78, 5) is 13.4. The smallest absolute Gasteiger partial charge is 0.410 e. The second-order valence-corrected chi connectivity index (χ2v) is 5.21. The molecule has 2 bridgehead atoms. The van der Waals surface area contributed by atoms with E-state index in [4.69, 9.17) is 4.74 Å². The highest BCUT2D eigenvalue weighted by atomic mass is 16.6. The Morgan fingerprint density at radius 2 is 2.20 bits per heavy atom. The predicted octanol–water partition coefficient (Wildman–Crippen LogP) is -0.0616. The maximum absolute atomic E-state index is 11.8. The first kappa shape index (κ1) is 10.7. The van der Waals surface area contributed by atoms with Gasteiger partial charge in [0, 0.05) is 13.1 Å². The summed E-state index contributed by atoms with van der Waals surface area (Å²) in [7, 11) is 0. The lowest BCUT2D eigenvalue weighted by atomic mass is 10.2. The van der Waals surface area contributed by atoms with Gasteiger partial charge in [-0.15, -0.1) is 0 Å². The molecule has 3 atom stereocenters. The van der Waals surface area contributed by atoms with Crippen molar-refractivity contribution in [1.82, 2.24) is 10.2 Å². The van der Waals surface area contributed by atoms with Crippen LogP contribution < -0.4 is 5.32 Å². The van der Waals surface area contributed by atoms with Gasteiger partial charge in [0.05, 0.1) is 18.2 Å². The molecule has 2 fully saturated rings. The van der Waals surface area contributed by atoms with Crippen molar-refractivity contribution in [3.8, 4) is 0 Å². The van der Waals surface area contributed by atoms with Crippen LogP contribution in [0.4, 0.5) is 4.79 Å². The quantitative estimate of drug-likeness (QED) is 0.593. The molecule has 2 aliphatic heterocycles. The molecule has 1 amide bonds. The summed E-state index contributed by atoms with van der Waals surface area (Å²) >= 11 is 0. The molecule has 86 valence electrons. The minimum absolute atomic E-state index is 0.0162. The minimum atomic E-state index is -0.475. The van der Waals surface area contributed by atoms with E-state index in [1.165, 1.54) is 0 Å². The van der Waals surface area contributed by atoms with Crippen molar-refractivity contribution >= 4 is 6.09 Å². The van der Waals surface area contributed by atoms with Crippen LogP contribution in [-0.2, 0) is 4.74 Å². The summed E-state index contributed by atoms with van der Waals surface area (Å²) in [5.41, 5.74) is -0.475. The Morgan fingerprint density at radius 3 is 2.60 bits per heavy atom. The number of rotatable bonds is 0. The van der Waals surface area contributed by atoms with E-state index in [2.05, 4.69) is 5.32 Å². The Kier molecular flexibility index (Phi) is 2.39.